The van der Waals surface area contributed by atoms with E-state index in [9.17, 15) is 9.59 Å². The minimum atomic E-state index is -0.646. The lowest BCUT2D eigenvalue weighted by Gasteiger charge is -2.32. The van der Waals surface area contributed by atoms with Crippen LogP contribution in [0.3, 0.4) is 0 Å². The topological polar surface area (TPSA) is 65.1 Å². The Bertz CT molecular complexity index is 689. The highest BCUT2D eigenvalue weighted by Gasteiger charge is 2.33. The number of hydrogen-bond acceptors (Lipinski definition) is 6. The van der Waals surface area contributed by atoms with E-state index in [2.05, 4.69) is 15.9 Å². The van der Waals surface area contributed by atoms with Gasteiger partial charge in [0.25, 0.3) is 0 Å². The molecule has 0 atom stereocenters. The van der Waals surface area contributed by atoms with Crippen LogP contribution in [0.15, 0.2) is 27.9 Å². The summed E-state index contributed by atoms with van der Waals surface area (Å²) in [6.45, 7) is 1.87. The minimum Gasteiger partial charge on any atom is -0.466 e. The summed E-state index contributed by atoms with van der Waals surface area (Å²) in [6, 6.07) is 3.53. The standard InChI is InChI=1S/C15H15BrClNO5/c1-8-11(5-4-10(16)12(8)17)18-7-23-6-9(14(19)21-2)13(18)15(20)22-3/h4-5H,6-7H2,1-3H3. The first kappa shape index (κ1) is 17.8. The second-order valence-electron chi connectivity index (χ2n) is 4.72. The average Bonchev–Trinajstić information content (AvgIpc) is 2.57. The van der Waals surface area contributed by atoms with Gasteiger partial charge in [0.2, 0.25) is 0 Å². The summed E-state index contributed by atoms with van der Waals surface area (Å²) in [4.78, 5) is 25.7. The predicted octanol–water partition coefficient (Wildman–Crippen LogP) is 2.81. The zero-order valence-corrected chi connectivity index (χ0v) is 15.2. The van der Waals surface area contributed by atoms with Gasteiger partial charge in [-0.15, -0.1) is 0 Å². The van der Waals surface area contributed by atoms with Crippen LogP contribution in [0.2, 0.25) is 5.02 Å². The molecular weight excluding hydrogens is 390 g/mol. The van der Waals surface area contributed by atoms with Crippen molar-refractivity contribution in [1.29, 1.82) is 0 Å². The molecular formula is C15H15BrClNO5. The van der Waals surface area contributed by atoms with Crippen LogP contribution in [0.4, 0.5) is 5.69 Å². The van der Waals surface area contributed by atoms with Crippen LogP contribution in [0, 0.1) is 6.92 Å². The number of hydrogen-bond donors (Lipinski definition) is 0. The Balaban J connectivity index is 2.62. The summed E-state index contributed by atoms with van der Waals surface area (Å²) in [5, 5.41) is 0.511. The number of benzene rings is 1. The molecule has 1 heterocycles. The van der Waals surface area contributed by atoms with E-state index in [1.807, 2.05) is 6.92 Å². The van der Waals surface area contributed by atoms with E-state index in [0.717, 1.165) is 10.0 Å². The fraction of sp³-hybridized carbons (Fsp3) is 0.333. The number of rotatable bonds is 3. The van der Waals surface area contributed by atoms with Gasteiger partial charge in [0.05, 0.1) is 31.4 Å². The molecule has 1 aliphatic heterocycles. The van der Waals surface area contributed by atoms with Crippen molar-refractivity contribution in [3.63, 3.8) is 0 Å². The number of halogens is 2. The number of esters is 2. The van der Waals surface area contributed by atoms with Crippen LogP contribution >= 0.6 is 27.5 Å². The third-order valence-electron chi connectivity index (χ3n) is 3.43. The molecule has 0 radical (unpaired) electrons. The molecule has 6 nitrogen and oxygen atoms in total. The van der Waals surface area contributed by atoms with Crippen molar-refractivity contribution in [3.05, 3.63) is 38.5 Å². The summed E-state index contributed by atoms with van der Waals surface area (Å²) < 4.78 is 15.7. The molecule has 8 heteroatoms. The van der Waals surface area contributed by atoms with E-state index < -0.39 is 11.9 Å². The van der Waals surface area contributed by atoms with Gasteiger partial charge < -0.3 is 19.1 Å². The lowest BCUT2D eigenvalue weighted by molar-refractivity contribution is -0.140. The Kier molecular flexibility index (Phi) is 5.67. The number of carbonyl (C=O) groups is 2. The molecule has 0 N–H and O–H groups in total. The Morgan fingerprint density at radius 2 is 1.91 bits per heavy atom. The number of anilines is 1. The number of carbonyl (C=O) groups excluding carboxylic acids is 2. The first-order valence-electron chi connectivity index (χ1n) is 6.62. The number of nitrogens with zero attached hydrogens (tertiary/aromatic N) is 1. The van der Waals surface area contributed by atoms with Gasteiger partial charge in [-0.25, -0.2) is 9.59 Å². The number of methoxy groups -OCH3 is 2. The van der Waals surface area contributed by atoms with Gasteiger partial charge in [0.15, 0.2) is 0 Å². The third kappa shape index (κ3) is 3.36. The molecule has 23 heavy (non-hydrogen) atoms. The second-order valence-corrected chi connectivity index (χ2v) is 5.95. The fourth-order valence-electron chi connectivity index (χ4n) is 2.27. The van der Waals surface area contributed by atoms with Crippen LogP contribution in [0.25, 0.3) is 0 Å². The summed E-state index contributed by atoms with van der Waals surface area (Å²) in [7, 11) is 2.49. The summed E-state index contributed by atoms with van der Waals surface area (Å²) in [6.07, 6.45) is 0. The molecule has 0 saturated heterocycles. The second kappa shape index (κ2) is 7.33. The Morgan fingerprint density at radius 3 is 2.52 bits per heavy atom. The molecule has 0 spiro atoms. The minimum absolute atomic E-state index is 0.0308. The normalized spacial score (nSPS) is 14.7. The summed E-state index contributed by atoms with van der Waals surface area (Å²) in [5.41, 5.74) is 1.56. The van der Waals surface area contributed by atoms with Crippen LogP contribution in [0.1, 0.15) is 5.56 Å². The van der Waals surface area contributed by atoms with Crippen molar-refractivity contribution in [2.45, 2.75) is 6.92 Å². The van der Waals surface area contributed by atoms with Crippen molar-refractivity contribution in [1.82, 2.24) is 0 Å². The first-order valence-corrected chi connectivity index (χ1v) is 7.79. The Morgan fingerprint density at radius 1 is 1.26 bits per heavy atom. The highest BCUT2D eigenvalue weighted by Crippen LogP contribution is 2.36. The maximum atomic E-state index is 12.2. The lowest BCUT2D eigenvalue weighted by atomic mass is 10.1. The fourth-order valence-corrected chi connectivity index (χ4v) is 2.86. The molecule has 0 unspecified atom stereocenters. The maximum Gasteiger partial charge on any atom is 0.355 e. The molecule has 1 aromatic carbocycles. The zero-order valence-electron chi connectivity index (χ0n) is 12.8. The maximum absolute atomic E-state index is 12.2. The third-order valence-corrected chi connectivity index (χ3v) is 4.81. The van der Waals surface area contributed by atoms with Gasteiger partial charge in [-0.3, -0.25) is 0 Å². The lowest BCUT2D eigenvalue weighted by Crippen LogP contribution is -2.39. The van der Waals surface area contributed by atoms with E-state index in [0.29, 0.717) is 10.7 Å². The molecule has 1 aliphatic rings. The van der Waals surface area contributed by atoms with Gasteiger partial charge >= 0.3 is 11.9 Å². The molecule has 0 aromatic heterocycles. The largest absolute Gasteiger partial charge is 0.466 e. The van der Waals surface area contributed by atoms with Crippen LogP contribution in [0.5, 0.6) is 0 Å². The van der Waals surface area contributed by atoms with Crippen molar-refractivity contribution in [2.75, 3.05) is 32.5 Å². The Hall–Kier alpha value is -1.57. The molecule has 0 fully saturated rings. The molecule has 0 saturated carbocycles. The SMILES string of the molecule is COC(=O)C1=C(C(=O)OC)N(c2ccc(Br)c(Cl)c2C)COC1. The van der Waals surface area contributed by atoms with Crippen molar-refractivity contribution in [2.24, 2.45) is 0 Å². The van der Waals surface area contributed by atoms with E-state index >= 15 is 0 Å². The van der Waals surface area contributed by atoms with Crippen molar-refractivity contribution < 1.29 is 23.8 Å². The van der Waals surface area contributed by atoms with E-state index in [1.54, 1.807) is 17.0 Å². The highest BCUT2D eigenvalue weighted by molar-refractivity contribution is 9.10. The number of ether oxygens (including phenoxy) is 3. The molecule has 0 amide bonds. The van der Waals surface area contributed by atoms with Crippen LogP contribution in [-0.4, -0.2) is 39.5 Å². The van der Waals surface area contributed by atoms with E-state index in [4.69, 9.17) is 25.8 Å². The van der Waals surface area contributed by atoms with E-state index in [1.165, 1.54) is 14.2 Å². The molecule has 0 bridgehead atoms. The molecule has 124 valence electrons. The van der Waals surface area contributed by atoms with Gasteiger partial charge in [0, 0.05) is 10.2 Å². The Labute approximate surface area is 147 Å². The first-order chi connectivity index (χ1) is 10.9. The highest BCUT2D eigenvalue weighted by atomic mass is 79.9. The van der Waals surface area contributed by atoms with Crippen molar-refractivity contribution >= 4 is 45.2 Å². The van der Waals surface area contributed by atoms with Gasteiger partial charge in [-0.05, 0) is 40.5 Å². The molecule has 1 aromatic rings. The molecule has 0 aliphatic carbocycles. The quantitative estimate of drug-likeness (QED) is 0.722. The smallest absolute Gasteiger partial charge is 0.355 e. The van der Waals surface area contributed by atoms with E-state index in [-0.39, 0.29) is 24.6 Å². The summed E-state index contributed by atoms with van der Waals surface area (Å²) >= 11 is 9.60. The van der Waals surface area contributed by atoms with Crippen molar-refractivity contribution in [3.8, 4) is 0 Å². The van der Waals surface area contributed by atoms with Gasteiger partial charge in [-0.1, -0.05) is 11.6 Å². The predicted molar refractivity (Wildman–Crippen MR) is 88.2 cm³/mol. The van der Waals surface area contributed by atoms with Gasteiger partial charge in [0.1, 0.15) is 12.4 Å². The van der Waals surface area contributed by atoms with Crippen LogP contribution in [-0.2, 0) is 23.8 Å². The monoisotopic (exact) mass is 403 g/mol. The summed E-state index contributed by atoms with van der Waals surface area (Å²) in [5.74, 6) is -1.29. The van der Waals surface area contributed by atoms with Gasteiger partial charge in [-0.2, -0.15) is 0 Å². The molecule has 2 rings (SSSR count). The van der Waals surface area contributed by atoms with Crippen LogP contribution < -0.4 is 4.90 Å². The average molecular weight is 405 g/mol. The zero-order chi connectivity index (χ0) is 17.1.